The number of unbranched alkanes of at least 4 members (excludes halogenated alkanes) is 3. The largest absolute Gasteiger partial charge is 0.494 e. The highest BCUT2D eigenvalue weighted by atomic mass is 16.5. The van der Waals surface area contributed by atoms with Crippen molar-refractivity contribution in [3.8, 4) is 5.75 Å². The molecular weight excluding hydrogens is 442 g/mol. The molecule has 1 aliphatic heterocycles. The van der Waals surface area contributed by atoms with Crippen LogP contribution in [0.5, 0.6) is 5.75 Å². The molecule has 1 atom stereocenters. The molecule has 0 saturated heterocycles. The Kier molecular flexibility index (Phi) is 8.24. The van der Waals surface area contributed by atoms with Crippen molar-refractivity contribution in [1.29, 1.82) is 0 Å². The predicted octanol–water partition coefficient (Wildman–Crippen LogP) is 6.11. The number of hydrogen-bond acceptors (Lipinski definition) is 5. The number of carbonyl (C=O) groups is 1. The molecule has 186 valence electrons. The van der Waals surface area contributed by atoms with Crippen molar-refractivity contribution in [3.63, 3.8) is 0 Å². The summed E-state index contributed by atoms with van der Waals surface area (Å²) < 4.78 is 17.6. The Morgan fingerprint density at radius 3 is 2.46 bits per heavy atom. The van der Waals surface area contributed by atoms with E-state index in [1.807, 2.05) is 44.2 Å². The van der Waals surface area contributed by atoms with E-state index in [9.17, 15) is 9.59 Å². The van der Waals surface area contributed by atoms with Crippen LogP contribution in [0.1, 0.15) is 80.6 Å². The number of para-hydroxylation sites is 1. The number of hydrogen-bond donors (Lipinski definition) is 0. The number of rotatable bonds is 12. The summed E-state index contributed by atoms with van der Waals surface area (Å²) in [5, 5.41) is 0.487. The molecule has 1 aromatic heterocycles. The Labute approximate surface area is 206 Å². The molecule has 0 bridgehead atoms. The van der Waals surface area contributed by atoms with Gasteiger partial charge in [-0.15, -0.1) is 0 Å². The maximum atomic E-state index is 13.5. The molecule has 6 nitrogen and oxygen atoms in total. The second-order valence-electron chi connectivity index (χ2n) is 9.32. The van der Waals surface area contributed by atoms with Gasteiger partial charge in [-0.2, -0.15) is 0 Å². The first kappa shape index (κ1) is 25.0. The van der Waals surface area contributed by atoms with Crippen LogP contribution in [0.25, 0.3) is 11.0 Å². The Hall–Kier alpha value is -3.12. The molecule has 1 amide bonds. The third-order valence-corrected chi connectivity index (χ3v) is 6.33. The van der Waals surface area contributed by atoms with E-state index in [1.54, 1.807) is 23.1 Å². The lowest BCUT2D eigenvalue weighted by Gasteiger charge is -2.25. The van der Waals surface area contributed by atoms with Gasteiger partial charge in [-0.3, -0.25) is 9.59 Å². The molecule has 0 fully saturated rings. The predicted molar refractivity (Wildman–Crippen MR) is 137 cm³/mol. The highest BCUT2D eigenvalue weighted by Gasteiger charge is 2.42. The van der Waals surface area contributed by atoms with Crippen molar-refractivity contribution in [2.75, 3.05) is 19.8 Å². The van der Waals surface area contributed by atoms with E-state index < -0.39 is 6.04 Å². The van der Waals surface area contributed by atoms with Crippen molar-refractivity contribution in [2.45, 2.75) is 65.0 Å². The van der Waals surface area contributed by atoms with Crippen LogP contribution in [0.15, 0.2) is 57.7 Å². The molecule has 0 spiro atoms. The molecule has 35 heavy (non-hydrogen) atoms. The van der Waals surface area contributed by atoms with Crippen LogP contribution < -0.4 is 10.2 Å². The average Bonchev–Trinajstić information content (AvgIpc) is 3.14. The molecule has 0 aliphatic carbocycles. The van der Waals surface area contributed by atoms with Gasteiger partial charge in [-0.05, 0) is 56.5 Å². The van der Waals surface area contributed by atoms with Crippen molar-refractivity contribution in [1.82, 2.24) is 4.90 Å². The summed E-state index contributed by atoms with van der Waals surface area (Å²) in [4.78, 5) is 28.7. The monoisotopic (exact) mass is 477 g/mol. The van der Waals surface area contributed by atoms with Crippen LogP contribution in [0.4, 0.5) is 0 Å². The van der Waals surface area contributed by atoms with E-state index in [4.69, 9.17) is 13.9 Å². The second kappa shape index (κ2) is 11.5. The third kappa shape index (κ3) is 5.59. The van der Waals surface area contributed by atoms with E-state index in [-0.39, 0.29) is 23.2 Å². The zero-order valence-corrected chi connectivity index (χ0v) is 20.9. The Balaban J connectivity index is 1.62. The smallest absolute Gasteiger partial charge is 0.290 e. The zero-order chi connectivity index (χ0) is 24.8. The zero-order valence-electron chi connectivity index (χ0n) is 20.9. The SMILES string of the molecule is CCCCCCOc1ccc([C@H]2c3c(oc4ccccc4c3=O)C(=O)N2CCCOC(C)C)cc1. The van der Waals surface area contributed by atoms with Gasteiger partial charge in [0.25, 0.3) is 5.91 Å². The van der Waals surface area contributed by atoms with Crippen LogP contribution in [-0.4, -0.2) is 36.7 Å². The number of nitrogens with zero attached hydrogens (tertiary/aromatic N) is 1. The minimum absolute atomic E-state index is 0.125. The van der Waals surface area contributed by atoms with Crippen LogP contribution >= 0.6 is 0 Å². The summed E-state index contributed by atoms with van der Waals surface area (Å²) in [6.45, 7) is 7.85. The molecule has 0 saturated carbocycles. The van der Waals surface area contributed by atoms with Crippen LogP contribution in [0.2, 0.25) is 0 Å². The first-order valence-electron chi connectivity index (χ1n) is 12.7. The van der Waals surface area contributed by atoms with Gasteiger partial charge in [0.2, 0.25) is 5.76 Å². The third-order valence-electron chi connectivity index (χ3n) is 6.33. The standard InChI is InChI=1S/C29H35NO5/c1-4-5-6-9-18-34-22-15-13-21(14-16-22)26-25-27(31)23-11-7-8-12-24(23)35-28(25)29(32)30(26)17-10-19-33-20(2)3/h7-8,11-16,20,26H,4-6,9-10,17-19H2,1-3H3/t26-/m0/s1. The lowest BCUT2D eigenvalue weighted by atomic mass is 9.98. The van der Waals surface area contributed by atoms with Gasteiger partial charge >= 0.3 is 0 Å². The fraction of sp³-hybridized carbons (Fsp3) is 0.448. The van der Waals surface area contributed by atoms with Crippen molar-refractivity contribution >= 4 is 16.9 Å². The molecule has 2 aromatic carbocycles. The lowest BCUT2D eigenvalue weighted by Crippen LogP contribution is -2.31. The maximum Gasteiger partial charge on any atom is 0.290 e. The summed E-state index contributed by atoms with van der Waals surface area (Å²) in [5.41, 5.74) is 1.55. The summed E-state index contributed by atoms with van der Waals surface area (Å²) in [5.74, 6) is 0.672. The van der Waals surface area contributed by atoms with Crippen LogP contribution in [-0.2, 0) is 4.74 Å². The first-order valence-corrected chi connectivity index (χ1v) is 12.7. The van der Waals surface area contributed by atoms with Crippen molar-refractivity contribution in [2.24, 2.45) is 0 Å². The van der Waals surface area contributed by atoms with Gasteiger partial charge in [0.05, 0.1) is 29.7 Å². The summed E-state index contributed by atoms with van der Waals surface area (Å²) in [6.07, 6.45) is 5.39. The number of benzene rings is 2. The molecule has 4 rings (SSSR count). The van der Waals surface area contributed by atoms with Gasteiger partial charge in [0.15, 0.2) is 5.43 Å². The number of fused-ring (bicyclic) bond motifs is 2. The highest BCUT2D eigenvalue weighted by Crippen LogP contribution is 2.38. The molecule has 3 aromatic rings. The quantitative estimate of drug-likeness (QED) is 0.294. The van der Waals surface area contributed by atoms with E-state index in [1.165, 1.54) is 12.8 Å². The van der Waals surface area contributed by atoms with E-state index >= 15 is 0 Å². The average molecular weight is 478 g/mol. The lowest BCUT2D eigenvalue weighted by molar-refractivity contribution is 0.0593. The second-order valence-corrected chi connectivity index (χ2v) is 9.32. The van der Waals surface area contributed by atoms with Gasteiger partial charge in [-0.25, -0.2) is 0 Å². The van der Waals surface area contributed by atoms with Gasteiger partial charge in [-0.1, -0.05) is 50.5 Å². The molecule has 0 radical (unpaired) electrons. The molecule has 2 heterocycles. The molecule has 0 N–H and O–H groups in total. The van der Waals surface area contributed by atoms with E-state index in [0.29, 0.717) is 42.7 Å². The minimum Gasteiger partial charge on any atom is -0.494 e. The van der Waals surface area contributed by atoms with E-state index in [0.717, 1.165) is 24.2 Å². The minimum atomic E-state index is -0.504. The Bertz CT molecular complexity index is 1200. The topological polar surface area (TPSA) is 69.0 Å². The summed E-state index contributed by atoms with van der Waals surface area (Å²) in [6, 6.07) is 14.3. The number of ether oxygens (including phenoxy) is 2. The van der Waals surface area contributed by atoms with E-state index in [2.05, 4.69) is 6.92 Å². The molecule has 0 unspecified atom stereocenters. The van der Waals surface area contributed by atoms with Crippen molar-refractivity contribution < 1.29 is 18.7 Å². The fourth-order valence-corrected chi connectivity index (χ4v) is 4.56. The molecule has 1 aliphatic rings. The fourth-order valence-electron chi connectivity index (χ4n) is 4.56. The highest BCUT2D eigenvalue weighted by molar-refractivity contribution is 5.99. The van der Waals surface area contributed by atoms with Gasteiger partial charge in [0, 0.05) is 13.2 Å². The van der Waals surface area contributed by atoms with Gasteiger partial charge < -0.3 is 18.8 Å². The van der Waals surface area contributed by atoms with Crippen LogP contribution in [0.3, 0.4) is 0 Å². The first-order chi connectivity index (χ1) is 17.0. The Morgan fingerprint density at radius 2 is 1.71 bits per heavy atom. The number of carbonyl (C=O) groups excluding carboxylic acids is 1. The molecular formula is C29H35NO5. The molecule has 6 heteroatoms. The summed E-state index contributed by atoms with van der Waals surface area (Å²) in [7, 11) is 0. The summed E-state index contributed by atoms with van der Waals surface area (Å²) >= 11 is 0. The maximum absolute atomic E-state index is 13.5. The van der Waals surface area contributed by atoms with Crippen molar-refractivity contribution in [3.05, 3.63) is 75.6 Å². The number of amides is 1. The van der Waals surface area contributed by atoms with Crippen LogP contribution in [0, 0.1) is 0 Å². The Morgan fingerprint density at radius 1 is 0.943 bits per heavy atom. The normalized spacial score (nSPS) is 15.3. The van der Waals surface area contributed by atoms with Gasteiger partial charge in [0.1, 0.15) is 11.3 Å².